The standard InChI is InChI=1S/C14H18BrNO2/c15-13-4-5-14-12(8-17-9-18-14)11(13)7-10-3-1-2-6-16-10/h4-5,10,16H,1-3,6-9H2. The molecule has 1 fully saturated rings. The Morgan fingerprint density at radius 3 is 3.11 bits per heavy atom. The lowest BCUT2D eigenvalue weighted by Gasteiger charge is -2.27. The Kier molecular flexibility index (Phi) is 3.87. The number of hydrogen-bond donors (Lipinski definition) is 1. The lowest BCUT2D eigenvalue weighted by atomic mass is 9.94. The molecule has 1 atom stereocenters. The molecule has 0 bridgehead atoms. The molecule has 1 saturated heterocycles. The third-order valence-electron chi connectivity index (χ3n) is 3.74. The summed E-state index contributed by atoms with van der Waals surface area (Å²) in [6, 6.07) is 4.70. The SMILES string of the molecule is Brc1ccc2c(c1CC1CCCCN1)COCO2. The number of benzene rings is 1. The van der Waals surface area contributed by atoms with Crippen molar-refractivity contribution in [3.05, 3.63) is 27.7 Å². The molecular formula is C14H18BrNO2. The normalized spacial score (nSPS) is 23.3. The van der Waals surface area contributed by atoms with Gasteiger partial charge in [0.1, 0.15) is 5.75 Å². The molecular weight excluding hydrogens is 294 g/mol. The summed E-state index contributed by atoms with van der Waals surface area (Å²) in [5.41, 5.74) is 2.55. The molecule has 3 nitrogen and oxygen atoms in total. The van der Waals surface area contributed by atoms with Crippen LogP contribution in [0.4, 0.5) is 0 Å². The summed E-state index contributed by atoms with van der Waals surface area (Å²) < 4.78 is 12.1. The van der Waals surface area contributed by atoms with Gasteiger partial charge in [0.25, 0.3) is 0 Å². The maximum atomic E-state index is 5.54. The number of hydrogen-bond acceptors (Lipinski definition) is 3. The van der Waals surface area contributed by atoms with Crippen molar-refractivity contribution in [3.8, 4) is 5.75 Å². The van der Waals surface area contributed by atoms with Crippen molar-refractivity contribution in [1.29, 1.82) is 0 Å². The zero-order valence-electron chi connectivity index (χ0n) is 10.4. The second-order valence-electron chi connectivity index (χ2n) is 4.96. The van der Waals surface area contributed by atoms with Gasteiger partial charge in [-0.25, -0.2) is 0 Å². The fraction of sp³-hybridized carbons (Fsp3) is 0.571. The van der Waals surface area contributed by atoms with E-state index in [1.807, 2.05) is 6.07 Å². The summed E-state index contributed by atoms with van der Waals surface area (Å²) in [6.45, 7) is 2.18. The molecule has 2 heterocycles. The van der Waals surface area contributed by atoms with Crippen LogP contribution >= 0.6 is 15.9 Å². The molecule has 0 aromatic heterocycles. The largest absolute Gasteiger partial charge is 0.467 e. The van der Waals surface area contributed by atoms with Crippen LogP contribution in [-0.2, 0) is 17.8 Å². The van der Waals surface area contributed by atoms with Crippen molar-refractivity contribution in [2.24, 2.45) is 0 Å². The van der Waals surface area contributed by atoms with Crippen LogP contribution in [-0.4, -0.2) is 19.4 Å². The minimum Gasteiger partial charge on any atom is -0.467 e. The maximum absolute atomic E-state index is 5.54. The van der Waals surface area contributed by atoms with Gasteiger partial charge in [-0.05, 0) is 43.5 Å². The summed E-state index contributed by atoms with van der Waals surface area (Å²) >= 11 is 3.66. The number of piperidine rings is 1. The van der Waals surface area contributed by atoms with E-state index >= 15 is 0 Å². The van der Waals surface area contributed by atoms with Crippen LogP contribution in [0.5, 0.6) is 5.75 Å². The molecule has 4 heteroatoms. The summed E-state index contributed by atoms with van der Waals surface area (Å²) in [7, 11) is 0. The van der Waals surface area contributed by atoms with Gasteiger partial charge in [-0.1, -0.05) is 22.4 Å². The summed E-state index contributed by atoms with van der Waals surface area (Å²) in [5, 5.41) is 3.60. The summed E-state index contributed by atoms with van der Waals surface area (Å²) in [5.74, 6) is 0.982. The second-order valence-corrected chi connectivity index (χ2v) is 5.82. The van der Waals surface area contributed by atoms with Crippen molar-refractivity contribution in [3.63, 3.8) is 0 Å². The van der Waals surface area contributed by atoms with Gasteiger partial charge in [0, 0.05) is 16.1 Å². The quantitative estimate of drug-likeness (QED) is 0.911. The highest BCUT2D eigenvalue weighted by Gasteiger charge is 2.21. The van der Waals surface area contributed by atoms with Gasteiger partial charge in [-0.3, -0.25) is 0 Å². The predicted molar refractivity (Wildman–Crippen MR) is 73.8 cm³/mol. The maximum Gasteiger partial charge on any atom is 0.189 e. The molecule has 1 aromatic rings. The van der Waals surface area contributed by atoms with E-state index in [0.29, 0.717) is 19.4 Å². The number of ether oxygens (including phenoxy) is 2. The van der Waals surface area contributed by atoms with E-state index in [2.05, 4.69) is 27.3 Å². The first kappa shape index (κ1) is 12.5. The Hall–Kier alpha value is -0.580. The smallest absolute Gasteiger partial charge is 0.189 e. The number of nitrogens with one attached hydrogen (secondary N) is 1. The highest BCUT2D eigenvalue weighted by molar-refractivity contribution is 9.10. The van der Waals surface area contributed by atoms with Gasteiger partial charge in [-0.2, -0.15) is 0 Å². The van der Waals surface area contributed by atoms with Gasteiger partial charge in [-0.15, -0.1) is 0 Å². The number of rotatable bonds is 2. The summed E-state index contributed by atoms with van der Waals surface area (Å²) in [4.78, 5) is 0. The summed E-state index contributed by atoms with van der Waals surface area (Å²) in [6.07, 6.45) is 4.95. The van der Waals surface area contributed by atoms with Gasteiger partial charge in [0.05, 0.1) is 6.61 Å². The van der Waals surface area contributed by atoms with Crippen molar-refractivity contribution in [2.75, 3.05) is 13.3 Å². The van der Waals surface area contributed by atoms with Gasteiger partial charge in [0.2, 0.25) is 0 Å². The van der Waals surface area contributed by atoms with Gasteiger partial charge < -0.3 is 14.8 Å². The van der Waals surface area contributed by atoms with Crippen LogP contribution in [0.3, 0.4) is 0 Å². The van der Waals surface area contributed by atoms with Crippen LogP contribution in [0.15, 0.2) is 16.6 Å². The molecule has 2 aliphatic rings. The Morgan fingerprint density at radius 1 is 1.33 bits per heavy atom. The van der Waals surface area contributed by atoms with Crippen molar-refractivity contribution in [1.82, 2.24) is 5.32 Å². The monoisotopic (exact) mass is 311 g/mol. The van der Waals surface area contributed by atoms with E-state index in [1.165, 1.54) is 34.9 Å². The van der Waals surface area contributed by atoms with Crippen LogP contribution in [0.1, 0.15) is 30.4 Å². The molecule has 1 aromatic carbocycles. The molecule has 18 heavy (non-hydrogen) atoms. The lowest BCUT2D eigenvalue weighted by Crippen LogP contribution is -2.36. The molecule has 0 amide bonds. The molecule has 0 radical (unpaired) electrons. The topological polar surface area (TPSA) is 30.5 Å². The average molecular weight is 312 g/mol. The lowest BCUT2D eigenvalue weighted by molar-refractivity contribution is -0.0169. The van der Waals surface area contributed by atoms with Crippen molar-refractivity contribution >= 4 is 15.9 Å². The Morgan fingerprint density at radius 2 is 2.28 bits per heavy atom. The molecule has 98 valence electrons. The molecule has 0 spiro atoms. The fourth-order valence-corrected chi connectivity index (χ4v) is 3.28. The Balaban J connectivity index is 1.85. The first-order valence-corrected chi connectivity index (χ1v) is 7.38. The van der Waals surface area contributed by atoms with E-state index in [4.69, 9.17) is 9.47 Å². The fourth-order valence-electron chi connectivity index (χ4n) is 2.75. The van der Waals surface area contributed by atoms with Crippen molar-refractivity contribution in [2.45, 2.75) is 38.3 Å². The number of fused-ring (bicyclic) bond motifs is 1. The van der Waals surface area contributed by atoms with Crippen LogP contribution < -0.4 is 10.1 Å². The zero-order chi connectivity index (χ0) is 12.4. The molecule has 1 N–H and O–H groups in total. The molecule has 1 unspecified atom stereocenters. The van der Waals surface area contributed by atoms with E-state index in [-0.39, 0.29) is 0 Å². The van der Waals surface area contributed by atoms with E-state index in [9.17, 15) is 0 Å². The molecule has 3 rings (SSSR count). The molecule has 2 aliphatic heterocycles. The molecule has 0 aliphatic carbocycles. The van der Waals surface area contributed by atoms with Crippen LogP contribution in [0.2, 0.25) is 0 Å². The second kappa shape index (κ2) is 5.59. The van der Waals surface area contributed by atoms with Crippen molar-refractivity contribution < 1.29 is 9.47 Å². The first-order valence-electron chi connectivity index (χ1n) is 6.59. The van der Waals surface area contributed by atoms with E-state index < -0.39 is 0 Å². The zero-order valence-corrected chi connectivity index (χ0v) is 12.0. The van der Waals surface area contributed by atoms with Gasteiger partial charge >= 0.3 is 0 Å². The minimum absolute atomic E-state index is 0.371. The molecule has 0 saturated carbocycles. The predicted octanol–water partition coefficient (Wildman–Crippen LogP) is 3.00. The minimum atomic E-state index is 0.371. The first-order chi connectivity index (χ1) is 8.84. The van der Waals surface area contributed by atoms with Gasteiger partial charge in [0.15, 0.2) is 6.79 Å². The van der Waals surface area contributed by atoms with E-state index in [1.54, 1.807) is 0 Å². The highest BCUT2D eigenvalue weighted by atomic mass is 79.9. The third kappa shape index (κ3) is 2.56. The Labute approximate surface area is 116 Å². The van der Waals surface area contributed by atoms with Crippen LogP contribution in [0.25, 0.3) is 0 Å². The third-order valence-corrected chi connectivity index (χ3v) is 4.48. The highest BCUT2D eigenvalue weighted by Crippen LogP contribution is 2.33. The van der Waals surface area contributed by atoms with Crippen LogP contribution in [0, 0.1) is 0 Å². The Bertz CT molecular complexity index is 430. The van der Waals surface area contributed by atoms with E-state index in [0.717, 1.165) is 18.7 Å². The average Bonchev–Trinajstić information content (AvgIpc) is 2.43. The number of halogens is 1.